The molecule has 52 valence electrons. The summed E-state index contributed by atoms with van der Waals surface area (Å²) in [5.41, 5.74) is 1.03. The highest BCUT2D eigenvalue weighted by Crippen LogP contribution is 2.11. The molecule has 0 saturated heterocycles. The van der Waals surface area contributed by atoms with Crippen LogP contribution in [0.25, 0.3) is 0 Å². The Morgan fingerprint density at radius 2 is 2.11 bits per heavy atom. The molecule has 0 aromatic heterocycles. The highest BCUT2D eigenvalue weighted by molar-refractivity contribution is 5.80. The number of allylic oxidation sites excluding steroid dienone is 1. The summed E-state index contributed by atoms with van der Waals surface area (Å²) in [5, 5.41) is 0. The largest absolute Gasteiger partial charge is 0.299 e. The number of carbonyl (C=O) groups is 1. The van der Waals surface area contributed by atoms with Crippen LogP contribution in [0.15, 0.2) is 12.2 Å². The third-order valence-corrected chi connectivity index (χ3v) is 1.68. The van der Waals surface area contributed by atoms with Crippen LogP contribution in [0.1, 0.15) is 27.2 Å². The Morgan fingerprint density at radius 1 is 1.67 bits per heavy atom. The minimum atomic E-state index is 0.0509. The second-order valence-corrected chi connectivity index (χ2v) is 2.34. The van der Waals surface area contributed by atoms with Gasteiger partial charge >= 0.3 is 0 Å². The first-order valence-electron chi connectivity index (χ1n) is 3.27. The predicted molar refractivity (Wildman–Crippen MR) is 39.3 cm³/mol. The van der Waals surface area contributed by atoms with Crippen molar-refractivity contribution in [3.63, 3.8) is 0 Å². The molecule has 1 heteroatoms. The van der Waals surface area contributed by atoms with Crippen molar-refractivity contribution in [3.8, 4) is 0 Å². The highest BCUT2D eigenvalue weighted by Gasteiger charge is 2.08. The van der Waals surface area contributed by atoms with E-state index in [0.717, 1.165) is 12.0 Å². The van der Waals surface area contributed by atoms with Crippen molar-refractivity contribution in [1.29, 1.82) is 0 Å². The van der Waals surface area contributed by atoms with Crippen molar-refractivity contribution in [1.82, 2.24) is 0 Å². The molecule has 1 nitrogen and oxygen atoms in total. The molecular formula is C8H14O. The summed E-state index contributed by atoms with van der Waals surface area (Å²) in [6.45, 7) is 9.29. The first kappa shape index (κ1) is 8.41. The lowest BCUT2D eigenvalue weighted by Gasteiger charge is -2.07. The molecule has 0 aliphatic rings. The smallest absolute Gasteiger partial charge is 0.136 e. The summed E-state index contributed by atoms with van der Waals surface area (Å²) in [6.07, 6.45) is 0.904. The Labute approximate surface area is 56.8 Å². The van der Waals surface area contributed by atoms with E-state index < -0.39 is 0 Å². The van der Waals surface area contributed by atoms with Gasteiger partial charge in [-0.25, -0.2) is 0 Å². The Kier molecular flexibility index (Phi) is 3.21. The summed E-state index contributed by atoms with van der Waals surface area (Å²) in [5.74, 6) is 0.261. The molecular weight excluding hydrogens is 112 g/mol. The van der Waals surface area contributed by atoms with Gasteiger partial charge in [-0.1, -0.05) is 26.0 Å². The molecule has 0 aromatic rings. The Bertz CT molecular complexity index is 125. The number of rotatable bonds is 3. The average Bonchev–Trinajstić information content (AvgIpc) is 1.84. The molecule has 0 radical (unpaired) electrons. The highest BCUT2D eigenvalue weighted by atomic mass is 16.1. The minimum absolute atomic E-state index is 0.0509. The van der Waals surface area contributed by atoms with Crippen molar-refractivity contribution >= 4 is 5.78 Å². The Hall–Kier alpha value is -0.590. The van der Waals surface area contributed by atoms with Gasteiger partial charge in [0.1, 0.15) is 5.78 Å². The van der Waals surface area contributed by atoms with Gasteiger partial charge in [0.2, 0.25) is 0 Å². The van der Waals surface area contributed by atoms with E-state index in [1.807, 2.05) is 13.8 Å². The molecule has 0 bridgehead atoms. The van der Waals surface area contributed by atoms with E-state index in [2.05, 4.69) is 6.58 Å². The molecule has 0 rings (SSSR count). The minimum Gasteiger partial charge on any atom is -0.299 e. The number of ketones is 1. The molecule has 0 heterocycles. The van der Waals surface area contributed by atoms with Crippen molar-refractivity contribution in [2.45, 2.75) is 27.2 Å². The molecule has 0 saturated carbocycles. The standard InChI is InChI=1S/C8H14O/c1-5-6(2)7(3)8(4)9/h7H,2,5H2,1,3-4H3. The first-order valence-corrected chi connectivity index (χ1v) is 3.27. The molecule has 0 fully saturated rings. The maximum Gasteiger partial charge on any atom is 0.136 e. The molecule has 1 unspecified atom stereocenters. The van der Waals surface area contributed by atoms with Gasteiger partial charge in [0.15, 0.2) is 0 Å². The van der Waals surface area contributed by atoms with Crippen LogP contribution in [-0.4, -0.2) is 5.78 Å². The maximum absolute atomic E-state index is 10.7. The number of carbonyl (C=O) groups excluding carboxylic acids is 1. The number of hydrogen-bond donors (Lipinski definition) is 0. The van der Waals surface area contributed by atoms with Crippen molar-refractivity contribution in [2.75, 3.05) is 0 Å². The van der Waals surface area contributed by atoms with Gasteiger partial charge in [0.25, 0.3) is 0 Å². The molecule has 0 spiro atoms. The fourth-order valence-electron chi connectivity index (χ4n) is 0.594. The van der Waals surface area contributed by atoms with Crippen LogP contribution in [0.4, 0.5) is 0 Å². The van der Waals surface area contributed by atoms with Crippen LogP contribution in [-0.2, 0) is 4.79 Å². The molecule has 9 heavy (non-hydrogen) atoms. The first-order chi connectivity index (χ1) is 4.09. The molecule has 0 aromatic carbocycles. The summed E-state index contributed by atoms with van der Waals surface area (Å²) in [4.78, 5) is 10.7. The van der Waals surface area contributed by atoms with Gasteiger partial charge in [-0.2, -0.15) is 0 Å². The molecule has 0 aliphatic heterocycles. The van der Waals surface area contributed by atoms with Crippen molar-refractivity contribution in [3.05, 3.63) is 12.2 Å². The van der Waals surface area contributed by atoms with E-state index in [0.29, 0.717) is 0 Å². The number of hydrogen-bond acceptors (Lipinski definition) is 1. The van der Waals surface area contributed by atoms with Gasteiger partial charge in [-0.05, 0) is 13.3 Å². The normalized spacial score (nSPS) is 12.8. The molecule has 0 aliphatic carbocycles. The molecule has 0 N–H and O–H groups in total. The van der Waals surface area contributed by atoms with E-state index in [1.54, 1.807) is 6.92 Å². The zero-order valence-corrected chi connectivity index (χ0v) is 6.40. The van der Waals surface area contributed by atoms with Crippen LogP contribution in [0.5, 0.6) is 0 Å². The van der Waals surface area contributed by atoms with Crippen molar-refractivity contribution < 1.29 is 4.79 Å². The predicted octanol–water partition coefficient (Wildman–Crippen LogP) is 2.18. The third-order valence-electron chi connectivity index (χ3n) is 1.68. The van der Waals surface area contributed by atoms with Gasteiger partial charge in [0.05, 0.1) is 0 Å². The zero-order valence-electron chi connectivity index (χ0n) is 6.40. The average molecular weight is 126 g/mol. The lowest BCUT2D eigenvalue weighted by atomic mass is 9.97. The van der Waals surface area contributed by atoms with Gasteiger partial charge in [-0.15, -0.1) is 0 Å². The lowest BCUT2D eigenvalue weighted by molar-refractivity contribution is -0.119. The quantitative estimate of drug-likeness (QED) is 0.530. The second kappa shape index (κ2) is 3.44. The summed E-state index contributed by atoms with van der Waals surface area (Å²) < 4.78 is 0. The van der Waals surface area contributed by atoms with Crippen molar-refractivity contribution in [2.24, 2.45) is 5.92 Å². The van der Waals surface area contributed by atoms with E-state index >= 15 is 0 Å². The second-order valence-electron chi connectivity index (χ2n) is 2.34. The maximum atomic E-state index is 10.7. The van der Waals surface area contributed by atoms with E-state index in [4.69, 9.17) is 0 Å². The van der Waals surface area contributed by atoms with Gasteiger partial charge in [-0.3, -0.25) is 4.79 Å². The van der Waals surface area contributed by atoms with Crippen LogP contribution in [0.3, 0.4) is 0 Å². The van der Waals surface area contributed by atoms with Crippen LogP contribution >= 0.6 is 0 Å². The monoisotopic (exact) mass is 126 g/mol. The third kappa shape index (κ3) is 2.45. The van der Waals surface area contributed by atoms with Gasteiger partial charge < -0.3 is 0 Å². The Morgan fingerprint density at radius 3 is 2.22 bits per heavy atom. The fraction of sp³-hybridized carbons (Fsp3) is 0.625. The van der Waals surface area contributed by atoms with Gasteiger partial charge in [0, 0.05) is 5.92 Å². The summed E-state index contributed by atoms with van der Waals surface area (Å²) >= 11 is 0. The summed E-state index contributed by atoms with van der Waals surface area (Å²) in [7, 11) is 0. The van der Waals surface area contributed by atoms with Crippen LogP contribution in [0.2, 0.25) is 0 Å². The van der Waals surface area contributed by atoms with E-state index in [1.165, 1.54) is 0 Å². The van der Waals surface area contributed by atoms with Crippen LogP contribution < -0.4 is 0 Å². The topological polar surface area (TPSA) is 17.1 Å². The lowest BCUT2D eigenvalue weighted by Crippen LogP contribution is -2.07. The fourth-order valence-corrected chi connectivity index (χ4v) is 0.594. The van der Waals surface area contributed by atoms with E-state index in [9.17, 15) is 4.79 Å². The van der Waals surface area contributed by atoms with E-state index in [-0.39, 0.29) is 11.7 Å². The molecule has 0 amide bonds. The zero-order chi connectivity index (χ0) is 7.44. The Balaban J connectivity index is 3.88. The number of Topliss-reactive ketones (excluding diaryl/α,β-unsaturated/α-hetero) is 1. The van der Waals surface area contributed by atoms with Crippen LogP contribution in [0, 0.1) is 5.92 Å². The summed E-state index contributed by atoms with van der Waals surface area (Å²) in [6, 6.07) is 0. The molecule has 1 atom stereocenters. The SMILES string of the molecule is C=C(CC)C(C)C(C)=O.